The predicted octanol–water partition coefficient (Wildman–Crippen LogP) is 7.10. The van der Waals surface area contributed by atoms with Crippen LogP contribution in [-0.4, -0.2) is 9.38 Å². The number of rotatable bonds is 2. The maximum absolute atomic E-state index is 13.9. The standard InChI is InChI=1S/C28H17BrN2O/c29-20-15-16-21-23(17-20)25(18-9-3-1-4-10-18)26(19-11-5-2-6-12-19)31-27(21)30-24-14-8-7-13-22(24)28(31)32/h1-17H. The van der Waals surface area contributed by atoms with Gasteiger partial charge in [0.05, 0.1) is 16.6 Å². The molecule has 0 aliphatic carbocycles. The number of fused-ring (bicyclic) bond motifs is 4. The minimum Gasteiger partial charge on any atom is -0.268 e. The zero-order chi connectivity index (χ0) is 21.7. The van der Waals surface area contributed by atoms with E-state index in [0.717, 1.165) is 37.6 Å². The Morgan fingerprint density at radius 3 is 2.06 bits per heavy atom. The Hall–Kier alpha value is -3.76. The SMILES string of the molecule is O=c1c2ccccc2nc2c3ccc(Br)cc3c(-c3ccccc3)c(-c3ccccc3)n12. The average molecular weight is 477 g/mol. The Morgan fingerprint density at radius 1 is 0.656 bits per heavy atom. The van der Waals surface area contributed by atoms with Crippen LogP contribution in [0.5, 0.6) is 0 Å². The summed E-state index contributed by atoms with van der Waals surface area (Å²) in [5, 5.41) is 2.60. The molecule has 0 N–H and O–H groups in total. The van der Waals surface area contributed by atoms with Crippen molar-refractivity contribution in [2.45, 2.75) is 0 Å². The van der Waals surface area contributed by atoms with Crippen LogP contribution in [0.3, 0.4) is 0 Å². The van der Waals surface area contributed by atoms with E-state index in [1.54, 1.807) is 4.40 Å². The van der Waals surface area contributed by atoms with E-state index in [0.29, 0.717) is 16.6 Å². The lowest BCUT2D eigenvalue weighted by Gasteiger charge is -2.19. The molecule has 4 heteroatoms. The van der Waals surface area contributed by atoms with Gasteiger partial charge in [-0.25, -0.2) is 4.98 Å². The van der Waals surface area contributed by atoms with Crippen molar-refractivity contribution in [3.05, 3.63) is 118 Å². The normalized spacial score (nSPS) is 11.4. The van der Waals surface area contributed by atoms with E-state index >= 15 is 0 Å². The summed E-state index contributed by atoms with van der Waals surface area (Å²) in [5.74, 6) is 0. The van der Waals surface area contributed by atoms with Gasteiger partial charge in [0.1, 0.15) is 5.65 Å². The Bertz CT molecular complexity index is 1690. The minimum atomic E-state index is -0.0635. The topological polar surface area (TPSA) is 34.4 Å². The highest BCUT2D eigenvalue weighted by atomic mass is 79.9. The van der Waals surface area contributed by atoms with Crippen LogP contribution in [0.1, 0.15) is 0 Å². The highest BCUT2D eigenvalue weighted by molar-refractivity contribution is 9.10. The molecule has 6 rings (SSSR count). The summed E-state index contributed by atoms with van der Waals surface area (Å²) in [4.78, 5) is 18.9. The highest BCUT2D eigenvalue weighted by Gasteiger charge is 2.20. The van der Waals surface area contributed by atoms with Gasteiger partial charge in [-0.15, -0.1) is 0 Å². The van der Waals surface area contributed by atoms with E-state index in [9.17, 15) is 4.79 Å². The average Bonchev–Trinajstić information content (AvgIpc) is 2.84. The lowest BCUT2D eigenvalue weighted by Crippen LogP contribution is -2.18. The number of aromatic nitrogens is 2. The second kappa shape index (κ2) is 7.43. The maximum Gasteiger partial charge on any atom is 0.266 e. The lowest BCUT2D eigenvalue weighted by atomic mass is 9.93. The third kappa shape index (κ3) is 2.88. The summed E-state index contributed by atoms with van der Waals surface area (Å²) in [6.45, 7) is 0. The molecule has 0 atom stereocenters. The molecule has 2 aromatic heterocycles. The van der Waals surface area contributed by atoms with Crippen LogP contribution < -0.4 is 5.56 Å². The summed E-state index contributed by atoms with van der Waals surface area (Å²) in [6, 6.07) is 34.0. The van der Waals surface area contributed by atoms with Gasteiger partial charge in [-0.1, -0.05) is 88.7 Å². The van der Waals surface area contributed by atoms with Gasteiger partial charge in [-0.3, -0.25) is 9.20 Å². The largest absolute Gasteiger partial charge is 0.268 e. The van der Waals surface area contributed by atoms with Gasteiger partial charge in [-0.2, -0.15) is 0 Å². The number of halogens is 1. The van der Waals surface area contributed by atoms with Gasteiger partial charge in [-0.05, 0) is 46.8 Å². The number of para-hydroxylation sites is 1. The van der Waals surface area contributed by atoms with Crippen LogP contribution in [0.15, 0.2) is 112 Å². The fourth-order valence-electron chi connectivity index (χ4n) is 4.44. The maximum atomic E-state index is 13.9. The summed E-state index contributed by atoms with van der Waals surface area (Å²) >= 11 is 3.65. The van der Waals surface area contributed by atoms with Crippen LogP contribution in [0.25, 0.3) is 49.7 Å². The molecule has 0 saturated heterocycles. The molecule has 152 valence electrons. The van der Waals surface area contributed by atoms with E-state index in [2.05, 4.69) is 34.1 Å². The molecule has 0 aliphatic heterocycles. The van der Waals surface area contributed by atoms with Crippen molar-refractivity contribution >= 4 is 43.3 Å². The molecule has 6 aromatic rings. The second-order valence-electron chi connectivity index (χ2n) is 7.74. The van der Waals surface area contributed by atoms with Gasteiger partial charge < -0.3 is 0 Å². The number of pyridine rings is 1. The van der Waals surface area contributed by atoms with Crippen molar-refractivity contribution in [3.8, 4) is 22.4 Å². The fraction of sp³-hybridized carbons (Fsp3) is 0. The zero-order valence-electron chi connectivity index (χ0n) is 17.0. The molecule has 0 radical (unpaired) electrons. The van der Waals surface area contributed by atoms with E-state index in [1.165, 1.54) is 0 Å². The van der Waals surface area contributed by atoms with Crippen molar-refractivity contribution in [1.82, 2.24) is 9.38 Å². The van der Waals surface area contributed by atoms with Gasteiger partial charge in [0.15, 0.2) is 0 Å². The molecule has 32 heavy (non-hydrogen) atoms. The zero-order valence-corrected chi connectivity index (χ0v) is 18.6. The second-order valence-corrected chi connectivity index (χ2v) is 8.65. The van der Waals surface area contributed by atoms with Crippen LogP contribution in [0.2, 0.25) is 0 Å². The summed E-state index contributed by atoms with van der Waals surface area (Å²) < 4.78 is 2.77. The number of benzene rings is 4. The first-order valence-corrected chi connectivity index (χ1v) is 11.2. The first kappa shape index (κ1) is 19.0. The summed E-state index contributed by atoms with van der Waals surface area (Å²) in [6.07, 6.45) is 0. The predicted molar refractivity (Wildman–Crippen MR) is 135 cm³/mol. The lowest BCUT2D eigenvalue weighted by molar-refractivity contribution is 1.10. The molecule has 0 saturated carbocycles. The number of nitrogens with zero attached hydrogens (tertiary/aromatic N) is 2. The minimum absolute atomic E-state index is 0.0635. The molecule has 0 aliphatic rings. The van der Waals surface area contributed by atoms with E-state index in [1.807, 2.05) is 84.9 Å². The number of hydrogen-bond donors (Lipinski definition) is 0. The molecule has 0 amide bonds. The van der Waals surface area contributed by atoms with Gasteiger partial charge in [0, 0.05) is 15.4 Å². The van der Waals surface area contributed by atoms with Crippen LogP contribution >= 0.6 is 15.9 Å². The molecule has 3 nitrogen and oxygen atoms in total. The third-order valence-electron chi connectivity index (χ3n) is 5.84. The van der Waals surface area contributed by atoms with Crippen molar-refractivity contribution < 1.29 is 0 Å². The van der Waals surface area contributed by atoms with Gasteiger partial charge >= 0.3 is 0 Å². The molecule has 0 bridgehead atoms. The molecule has 4 aromatic carbocycles. The molecule has 0 unspecified atom stereocenters. The van der Waals surface area contributed by atoms with Gasteiger partial charge in [0.2, 0.25) is 0 Å². The Balaban J connectivity index is 1.97. The van der Waals surface area contributed by atoms with Crippen molar-refractivity contribution in [3.63, 3.8) is 0 Å². The van der Waals surface area contributed by atoms with E-state index in [-0.39, 0.29) is 5.56 Å². The molecule has 0 fully saturated rings. The van der Waals surface area contributed by atoms with E-state index < -0.39 is 0 Å². The Kier molecular flexibility index (Phi) is 4.40. The quantitative estimate of drug-likeness (QED) is 0.197. The Morgan fingerprint density at radius 2 is 1.31 bits per heavy atom. The smallest absolute Gasteiger partial charge is 0.266 e. The first-order valence-electron chi connectivity index (χ1n) is 10.4. The summed E-state index contributed by atoms with van der Waals surface area (Å²) in [7, 11) is 0. The van der Waals surface area contributed by atoms with Crippen LogP contribution in [-0.2, 0) is 0 Å². The molecular formula is C28H17BrN2O. The molecule has 0 spiro atoms. The molecule has 2 heterocycles. The van der Waals surface area contributed by atoms with Crippen LogP contribution in [0, 0.1) is 0 Å². The van der Waals surface area contributed by atoms with E-state index in [4.69, 9.17) is 4.98 Å². The highest BCUT2D eigenvalue weighted by Crippen LogP contribution is 2.40. The third-order valence-corrected chi connectivity index (χ3v) is 6.33. The Labute approximate surface area is 192 Å². The van der Waals surface area contributed by atoms with Gasteiger partial charge in [0.25, 0.3) is 5.56 Å². The van der Waals surface area contributed by atoms with Crippen molar-refractivity contribution in [1.29, 1.82) is 0 Å². The monoisotopic (exact) mass is 476 g/mol. The molecular weight excluding hydrogens is 460 g/mol. The summed E-state index contributed by atoms with van der Waals surface area (Å²) in [5.41, 5.74) is 5.18. The van der Waals surface area contributed by atoms with Crippen molar-refractivity contribution in [2.24, 2.45) is 0 Å². The first-order chi connectivity index (χ1) is 15.7. The van der Waals surface area contributed by atoms with Crippen LogP contribution in [0.4, 0.5) is 0 Å². The number of hydrogen-bond acceptors (Lipinski definition) is 2. The van der Waals surface area contributed by atoms with Crippen molar-refractivity contribution in [2.75, 3.05) is 0 Å². The fourth-order valence-corrected chi connectivity index (χ4v) is 4.81.